The second kappa shape index (κ2) is 6.40. The number of halogens is 1. The van der Waals surface area contributed by atoms with Gasteiger partial charge in [-0.05, 0) is 9.68 Å². The molecule has 150 valence electrons. The van der Waals surface area contributed by atoms with Crippen LogP contribution in [0.1, 0.15) is 0 Å². The van der Waals surface area contributed by atoms with Gasteiger partial charge in [0, 0.05) is 3.86 Å². The van der Waals surface area contributed by atoms with E-state index in [1.54, 1.807) is 0 Å². The standard InChI is InChI=1S/C18H46ClPSi5/c1-21(2,3)16-17(22(4,5)6,23(7,8)9)20(16)18(19,24(10,11)12)25(13,14)15/h16H,1-15H3/t16?,20-/m1/s1. The lowest BCUT2D eigenvalue weighted by Crippen LogP contribution is -2.64. The van der Waals surface area contributed by atoms with Crippen LogP contribution in [0.4, 0.5) is 0 Å². The van der Waals surface area contributed by atoms with Gasteiger partial charge in [-0.2, -0.15) is 0 Å². The van der Waals surface area contributed by atoms with E-state index in [2.05, 4.69) is 98.2 Å². The summed E-state index contributed by atoms with van der Waals surface area (Å²) in [5, 5.41) is 1.00. The van der Waals surface area contributed by atoms with Crippen molar-refractivity contribution in [2.24, 2.45) is 0 Å². The summed E-state index contributed by atoms with van der Waals surface area (Å²) in [7, 11) is -6.96. The second-order valence-electron chi connectivity index (χ2n) is 13.5. The van der Waals surface area contributed by atoms with Crippen LogP contribution in [0.2, 0.25) is 98.2 Å². The minimum absolute atomic E-state index is 0.0733. The molecule has 0 aromatic rings. The number of alkyl halides is 1. The van der Waals surface area contributed by atoms with Gasteiger partial charge in [-0.1, -0.05) is 106 Å². The van der Waals surface area contributed by atoms with Gasteiger partial charge in [-0.3, -0.25) is 0 Å². The van der Waals surface area contributed by atoms with E-state index >= 15 is 0 Å². The molecular formula is C18H46ClPSi5. The molecule has 0 saturated carbocycles. The highest BCUT2D eigenvalue weighted by Gasteiger charge is 2.83. The van der Waals surface area contributed by atoms with Crippen LogP contribution in [-0.2, 0) is 0 Å². The number of hydrogen-bond donors (Lipinski definition) is 0. The van der Waals surface area contributed by atoms with E-state index in [1.165, 1.54) is 0 Å². The van der Waals surface area contributed by atoms with E-state index in [4.69, 9.17) is 11.6 Å². The van der Waals surface area contributed by atoms with E-state index in [0.717, 1.165) is 5.28 Å². The molecule has 1 unspecified atom stereocenters. The van der Waals surface area contributed by atoms with Gasteiger partial charge in [0.1, 0.15) is 0 Å². The van der Waals surface area contributed by atoms with Crippen LogP contribution in [-0.4, -0.2) is 53.9 Å². The molecule has 0 nitrogen and oxygen atoms in total. The first-order valence-corrected chi connectivity index (χ1v) is 29.3. The van der Waals surface area contributed by atoms with Gasteiger partial charge in [0.05, 0.1) is 40.4 Å². The van der Waals surface area contributed by atoms with E-state index in [0.29, 0.717) is 4.40 Å². The topological polar surface area (TPSA) is 0 Å². The molecule has 0 N–H and O–H groups in total. The summed E-state index contributed by atoms with van der Waals surface area (Å²) in [6, 6.07) is 0. The number of hydrogen-bond acceptors (Lipinski definition) is 0. The molecule has 0 amide bonds. The van der Waals surface area contributed by atoms with Gasteiger partial charge in [-0.25, -0.2) is 0 Å². The van der Waals surface area contributed by atoms with Gasteiger partial charge in [0.15, 0.2) is 0 Å². The maximum Gasteiger partial charge on any atom is 0.0704 e. The predicted octanol–water partition coefficient (Wildman–Crippen LogP) is 7.91. The molecule has 1 saturated heterocycles. The quantitative estimate of drug-likeness (QED) is 0.211. The van der Waals surface area contributed by atoms with Crippen molar-refractivity contribution in [2.75, 3.05) is 0 Å². The minimum Gasteiger partial charge on any atom is -0.122 e. The van der Waals surface area contributed by atoms with Crippen molar-refractivity contribution >= 4 is 59.9 Å². The maximum absolute atomic E-state index is 8.00. The fraction of sp³-hybridized carbons (Fsp3) is 1.00. The first-order valence-electron chi connectivity index (χ1n) is 9.97. The van der Waals surface area contributed by atoms with Gasteiger partial charge in [0.2, 0.25) is 0 Å². The largest absolute Gasteiger partial charge is 0.122 e. The third-order valence-electron chi connectivity index (χ3n) is 6.39. The summed E-state index contributed by atoms with van der Waals surface area (Å²) in [6.45, 7) is 39.6. The van der Waals surface area contributed by atoms with Crippen LogP contribution < -0.4 is 0 Å². The van der Waals surface area contributed by atoms with Crippen LogP contribution in [0, 0.1) is 0 Å². The molecule has 25 heavy (non-hydrogen) atoms. The van der Waals surface area contributed by atoms with Crippen molar-refractivity contribution in [3.63, 3.8) is 0 Å². The Balaban J connectivity index is 3.88. The minimum atomic E-state index is -1.49. The SMILES string of the molecule is C[Si](C)(C)C1[P@@](C(Cl)([Si](C)(C)C)[Si](C)(C)C)C1([Si](C)(C)C)[Si](C)(C)C. The molecule has 1 heterocycles. The molecule has 1 aliphatic heterocycles. The summed E-state index contributed by atoms with van der Waals surface area (Å²) in [5.41, 5.74) is 0. The van der Waals surface area contributed by atoms with E-state index in [1.807, 2.05) is 0 Å². The summed E-state index contributed by atoms with van der Waals surface area (Å²) < 4.78 is 0.864. The molecular weight excluding hydrogens is 423 g/mol. The molecule has 0 spiro atoms. The summed E-state index contributed by atoms with van der Waals surface area (Å²) in [5.74, 6) is 0. The third kappa shape index (κ3) is 3.59. The molecule has 7 heteroatoms. The third-order valence-corrected chi connectivity index (χ3v) is 48.2. The summed E-state index contributed by atoms with van der Waals surface area (Å²) >= 11 is 8.00. The Morgan fingerprint density at radius 1 is 0.640 bits per heavy atom. The van der Waals surface area contributed by atoms with E-state index in [-0.39, 0.29) is 11.8 Å². The fourth-order valence-electron chi connectivity index (χ4n) is 6.24. The lowest BCUT2D eigenvalue weighted by Gasteiger charge is -2.52. The van der Waals surface area contributed by atoms with Crippen molar-refractivity contribution < 1.29 is 0 Å². The Hall–Kier alpha value is 1.80. The van der Waals surface area contributed by atoms with Crippen LogP contribution in [0.5, 0.6) is 0 Å². The highest BCUT2D eigenvalue weighted by atomic mass is 35.5. The first-order chi connectivity index (χ1) is 10.5. The Bertz CT molecular complexity index is 486. The molecule has 1 aliphatic rings. The summed E-state index contributed by atoms with van der Waals surface area (Å²) in [6.07, 6.45) is 0. The molecule has 1 rings (SSSR count). The fourth-order valence-corrected chi connectivity index (χ4v) is 61.7. The number of rotatable bonds is 6. The maximum atomic E-state index is 8.00. The molecule has 1 fully saturated rings. The van der Waals surface area contributed by atoms with Crippen molar-refractivity contribution in [1.29, 1.82) is 0 Å². The van der Waals surface area contributed by atoms with Crippen LogP contribution in [0.3, 0.4) is 0 Å². The second-order valence-corrected chi connectivity index (χ2v) is 47.2. The average molecular weight is 469 g/mol. The summed E-state index contributed by atoms with van der Waals surface area (Å²) in [4.78, 5) is 0. The molecule has 0 aromatic carbocycles. The van der Waals surface area contributed by atoms with E-state index in [9.17, 15) is 0 Å². The lowest BCUT2D eigenvalue weighted by molar-refractivity contribution is 1.15. The highest BCUT2D eigenvalue weighted by Crippen LogP contribution is 2.90. The van der Waals surface area contributed by atoms with Crippen molar-refractivity contribution in [3.05, 3.63) is 0 Å². The molecule has 0 aromatic heterocycles. The van der Waals surface area contributed by atoms with Gasteiger partial charge in [-0.15, -0.1) is 11.6 Å². The Morgan fingerprint density at radius 2 is 0.920 bits per heavy atom. The molecule has 0 bridgehead atoms. The highest BCUT2D eigenvalue weighted by molar-refractivity contribution is 7.87. The molecule has 2 atom stereocenters. The zero-order chi connectivity index (χ0) is 20.7. The van der Waals surface area contributed by atoms with E-state index < -0.39 is 40.4 Å². The Labute approximate surface area is 171 Å². The monoisotopic (exact) mass is 468 g/mol. The Morgan fingerprint density at radius 3 is 1.04 bits per heavy atom. The van der Waals surface area contributed by atoms with Crippen LogP contribution in [0.15, 0.2) is 0 Å². The van der Waals surface area contributed by atoms with Crippen molar-refractivity contribution in [2.45, 2.75) is 112 Å². The van der Waals surface area contributed by atoms with Gasteiger partial charge in [0.25, 0.3) is 0 Å². The predicted molar refractivity (Wildman–Crippen MR) is 139 cm³/mol. The van der Waals surface area contributed by atoms with Crippen LogP contribution >= 0.6 is 19.5 Å². The van der Waals surface area contributed by atoms with Gasteiger partial charge >= 0.3 is 0 Å². The lowest BCUT2D eigenvalue weighted by atomic mass is 10.9. The zero-order valence-electron chi connectivity index (χ0n) is 19.9. The van der Waals surface area contributed by atoms with Crippen molar-refractivity contribution in [3.8, 4) is 0 Å². The van der Waals surface area contributed by atoms with Crippen molar-refractivity contribution in [1.82, 2.24) is 0 Å². The Kier molecular flexibility index (Phi) is 6.36. The smallest absolute Gasteiger partial charge is 0.0704 e. The van der Waals surface area contributed by atoms with Gasteiger partial charge < -0.3 is 0 Å². The molecule has 0 radical (unpaired) electrons. The normalized spacial score (nSPS) is 25.9. The average Bonchev–Trinajstić information content (AvgIpc) is 2.93. The zero-order valence-corrected chi connectivity index (χ0v) is 26.6. The van der Waals surface area contributed by atoms with Crippen LogP contribution in [0.25, 0.3) is 0 Å². The first kappa shape index (κ1) is 24.8. The molecule has 0 aliphatic carbocycles.